The Balaban J connectivity index is 2.40. The van der Waals surface area contributed by atoms with Crippen LogP contribution >= 0.6 is 11.6 Å². The Morgan fingerprint density at radius 1 is 1.40 bits per heavy atom. The summed E-state index contributed by atoms with van der Waals surface area (Å²) in [6, 6.07) is 4.41. The second-order valence-electron chi connectivity index (χ2n) is 3.72. The van der Waals surface area contributed by atoms with Gasteiger partial charge in [-0.05, 0) is 37.9 Å². The van der Waals surface area contributed by atoms with E-state index in [-0.39, 0.29) is 5.82 Å². The van der Waals surface area contributed by atoms with E-state index in [4.69, 9.17) is 11.6 Å². The molecule has 0 aromatic heterocycles. The third-order valence-corrected chi connectivity index (χ3v) is 2.43. The molecule has 0 unspecified atom stereocenters. The van der Waals surface area contributed by atoms with Crippen molar-refractivity contribution in [3.63, 3.8) is 0 Å². The number of halogens is 2. The van der Waals surface area contributed by atoms with Crippen LogP contribution in [-0.4, -0.2) is 32.1 Å². The van der Waals surface area contributed by atoms with Crippen molar-refractivity contribution in [2.45, 2.75) is 6.54 Å². The smallest absolute Gasteiger partial charge is 0.123 e. The SMILES string of the molecule is CN(C)CCNCc1cc(F)ccc1Cl. The second kappa shape index (κ2) is 6.05. The van der Waals surface area contributed by atoms with Gasteiger partial charge in [-0.3, -0.25) is 0 Å². The van der Waals surface area contributed by atoms with Gasteiger partial charge in [0, 0.05) is 24.7 Å². The first kappa shape index (κ1) is 12.4. The molecule has 15 heavy (non-hydrogen) atoms. The maximum Gasteiger partial charge on any atom is 0.123 e. The van der Waals surface area contributed by atoms with Crippen LogP contribution in [0, 0.1) is 5.82 Å². The van der Waals surface area contributed by atoms with Crippen LogP contribution in [0.1, 0.15) is 5.56 Å². The highest BCUT2D eigenvalue weighted by Gasteiger charge is 2.01. The molecule has 0 saturated carbocycles. The van der Waals surface area contributed by atoms with Gasteiger partial charge in [0.2, 0.25) is 0 Å². The molecule has 0 atom stereocenters. The van der Waals surface area contributed by atoms with Crippen LogP contribution < -0.4 is 5.32 Å². The molecule has 0 aliphatic carbocycles. The lowest BCUT2D eigenvalue weighted by Gasteiger charge is -2.11. The predicted molar refractivity (Wildman–Crippen MR) is 61.7 cm³/mol. The van der Waals surface area contributed by atoms with Gasteiger partial charge in [-0.2, -0.15) is 0 Å². The maximum absolute atomic E-state index is 12.9. The molecule has 0 aliphatic heterocycles. The molecule has 4 heteroatoms. The number of benzene rings is 1. The molecule has 0 saturated heterocycles. The van der Waals surface area contributed by atoms with Crippen LogP contribution in [0.5, 0.6) is 0 Å². The lowest BCUT2D eigenvalue weighted by Crippen LogP contribution is -2.26. The molecule has 1 aromatic rings. The fourth-order valence-corrected chi connectivity index (χ4v) is 1.39. The number of hydrogen-bond acceptors (Lipinski definition) is 2. The third kappa shape index (κ3) is 4.60. The first-order valence-electron chi connectivity index (χ1n) is 4.89. The quantitative estimate of drug-likeness (QED) is 0.780. The summed E-state index contributed by atoms with van der Waals surface area (Å²) in [6.45, 7) is 2.41. The van der Waals surface area contributed by atoms with Crippen LogP contribution in [0.15, 0.2) is 18.2 Å². The fourth-order valence-electron chi connectivity index (χ4n) is 1.20. The van der Waals surface area contributed by atoms with E-state index < -0.39 is 0 Å². The average Bonchev–Trinajstić information content (AvgIpc) is 2.17. The van der Waals surface area contributed by atoms with Gasteiger partial charge in [0.1, 0.15) is 5.82 Å². The van der Waals surface area contributed by atoms with Gasteiger partial charge in [0.05, 0.1) is 0 Å². The van der Waals surface area contributed by atoms with Crippen molar-refractivity contribution in [2.75, 3.05) is 27.2 Å². The van der Waals surface area contributed by atoms with Crippen LogP contribution in [-0.2, 0) is 6.54 Å². The summed E-state index contributed by atoms with van der Waals surface area (Å²) in [7, 11) is 4.02. The van der Waals surface area contributed by atoms with E-state index in [2.05, 4.69) is 10.2 Å². The molecule has 0 heterocycles. The van der Waals surface area contributed by atoms with Crippen LogP contribution in [0.2, 0.25) is 5.02 Å². The van der Waals surface area contributed by atoms with Gasteiger partial charge >= 0.3 is 0 Å². The summed E-state index contributed by atoms with van der Waals surface area (Å²) in [5, 5.41) is 3.81. The zero-order valence-corrected chi connectivity index (χ0v) is 9.81. The summed E-state index contributed by atoms with van der Waals surface area (Å²) in [6.07, 6.45) is 0. The van der Waals surface area contributed by atoms with E-state index in [0.717, 1.165) is 18.7 Å². The molecule has 1 aromatic carbocycles. The topological polar surface area (TPSA) is 15.3 Å². The molecule has 0 aliphatic rings. The van der Waals surface area contributed by atoms with Gasteiger partial charge < -0.3 is 10.2 Å². The Kier molecular flexibility index (Phi) is 5.02. The van der Waals surface area contributed by atoms with Gasteiger partial charge in [-0.1, -0.05) is 11.6 Å². The Bertz CT molecular complexity index is 315. The number of rotatable bonds is 5. The molecule has 0 fully saturated rings. The van der Waals surface area contributed by atoms with Crippen molar-refractivity contribution >= 4 is 11.6 Å². The standard InChI is InChI=1S/C11H16ClFN2/c1-15(2)6-5-14-8-9-7-10(13)3-4-11(9)12/h3-4,7,14H,5-6,8H2,1-2H3. The predicted octanol–water partition coefficient (Wildman–Crippen LogP) is 2.13. The Hall–Kier alpha value is -0.640. The molecular weight excluding hydrogens is 215 g/mol. The molecular formula is C11H16ClFN2. The molecule has 0 spiro atoms. The summed E-state index contributed by atoms with van der Waals surface area (Å²) in [5.41, 5.74) is 0.801. The Morgan fingerprint density at radius 2 is 2.13 bits per heavy atom. The fraction of sp³-hybridized carbons (Fsp3) is 0.455. The van der Waals surface area contributed by atoms with E-state index in [9.17, 15) is 4.39 Å². The maximum atomic E-state index is 12.9. The summed E-state index contributed by atoms with van der Waals surface area (Å²) < 4.78 is 12.9. The van der Waals surface area contributed by atoms with Gasteiger partial charge in [-0.25, -0.2) is 4.39 Å². The Labute approximate surface area is 95.0 Å². The Morgan fingerprint density at radius 3 is 2.80 bits per heavy atom. The molecule has 84 valence electrons. The van der Waals surface area contributed by atoms with Crippen molar-refractivity contribution in [3.8, 4) is 0 Å². The van der Waals surface area contributed by atoms with Crippen LogP contribution in [0.3, 0.4) is 0 Å². The minimum absolute atomic E-state index is 0.246. The van der Waals surface area contributed by atoms with E-state index in [0.29, 0.717) is 11.6 Å². The van der Waals surface area contributed by atoms with Crippen LogP contribution in [0.25, 0.3) is 0 Å². The van der Waals surface area contributed by atoms with Crippen molar-refractivity contribution in [3.05, 3.63) is 34.6 Å². The lowest BCUT2D eigenvalue weighted by molar-refractivity contribution is 0.400. The first-order chi connectivity index (χ1) is 7.09. The second-order valence-corrected chi connectivity index (χ2v) is 4.12. The summed E-state index contributed by atoms with van der Waals surface area (Å²) in [5.74, 6) is -0.246. The van der Waals surface area contributed by atoms with E-state index >= 15 is 0 Å². The lowest BCUT2D eigenvalue weighted by atomic mass is 10.2. The van der Waals surface area contributed by atoms with Crippen molar-refractivity contribution in [1.82, 2.24) is 10.2 Å². The number of nitrogens with zero attached hydrogens (tertiary/aromatic N) is 1. The van der Waals surface area contributed by atoms with E-state index in [1.54, 1.807) is 6.07 Å². The van der Waals surface area contributed by atoms with Crippen molar-refractivity contribution in [1.29, 1.82) is 0 Å². The largest absolute Gasteiger partial charge is 0.311 e. The third-order valence-electron chi connectivity index (χ3n) is 2.06. The number of hydrogen-bond donors (Lipinski definition) is 1. The molecule has 1 N–H and O–H groups in total. The van der Waals surface area contributed by atoms with Gasteiger partial charge in [0.15, 0.2) is 0 Å². The normalized spacial score (nSPS) is 11.0. The zero-order valence-electron chi connectivity index (χ0n) is 9.06. The summed E-state index contributed by atoms with van der Waals surface area (Å²) in [4.78, 5) is 2.08. The number of likely N-dealkylation sites (N-methyl/N-ethyl adjacent to an activating group) is 1. The molecule has 0 radical (unpaired) electrons. The molecule has 2 nitrogen and oxygen atoms in total. The zero-order chi connectivity index (χ0) is 11.3. The summed E-state index contributed by atoms with van der Waals surface area (Å²) >= 11 is 5.92. The highest BCUT2D eigenvalue weighted by atomic mass is 35.5. The first-order valence-corrected chi connectivity index (χ1v) is 5.27. The molecule has 0 amide bonds. The highest BCUT2D eigenvalue weighted by Crippen LogP contribution is 2.16. The average molecular weight is 231 g/mol. The van der Waals surface area contributed by atoms with E-state index in [1.165, 1.54) is 12.1 Å². The van der Waals surface area contributed by atoms with Crippen LogP contribution in [0.4, 0.5) is 4.39 Å². The minimum atomic E-state index is -0.246. The van der Waals surface area contributed by atoms with Crippen molar-refractivity contribution in [2.24, 2.45) is 0 Å². The van der Waals surface area contributed by atoms with Gasteiger partial charge in [0.25, 0.3) is 0 Å². The highest BCUT2D eigenvalue weighted by molar-refractivity contribution is 6.31. The number of nitrogens with one attached hydrogen (secondary N) is 1. The minimum Gasteiger partial charge on any atom is -0.311 e. The molecule has 0 bridgehead atoms. The van der Waals surface area contributed by atoms with Crippen molar-refractivity contribution < 1.29 is 4.39 Å². The van der Waals surface area contributed by atoms with E-state index in [1.807, 2.05) is 14.1 Å². The van der Waals surface area contributed by atoms with Gasteiger partial charge in [-0.15, -0.1) is 0 Å². The molecule has 1 rings (SSSR count). The monoisotopic (exact) mass is 230 g/mol.